The summed E-state index contributed by atoms with van der Waals surface area (Å²) in [7, 11) is 0. The number of halogens is 1. The molecule has 6 aromatic rings. The van der Waals surface area contributed by atoms with Crippen molar-refractivity contribution >= 4 is 17.4 Å². The monoisotopic (exact) mass is 868 g/mol. The summed E-state index contributed by atoms with van der Waals surface area (Å²) in [5, 5.41) is 0.546. The third kappa shape index (κ3) is 12.3. The van der Waals surface area contributed by atoms with Gasteiger partial charge in [0.2, 0.25) is 0 Å². The van der Waals surface area contributed by atoms with Crippen LogP contribution in [0.15, 0.2) is 164 Å². The molecule has 1 aliphatic heterocycles. The molecule has 7 rings (SSSR count). The number of ether oxygens (including phenoxy) is 7. The van der Waals surface area contributed by atoms with Crippen LogP contribution in [0.1, 0.15) is 71.4 Å². The van der Waals surface area contributed by atoms with E-state index in [4.69, 9.17) is 44.8 Å². The standard InChI is InChI=1S/C54H57ClO8/c1-5-58-47-29-26-40(27-30-47)32-46-33-45(28-31-48(46)55)49(56)50(59-35-42-20-12-7-13-21-42)51(60-36-43-22-14-8-15-23-43)52(61-37-44-24-16-9-17-25-44)54(39(2)62-53(3,4)63-54)38-57-34-41-18-10-6-11-19-41/h6-31,33,39,50-52H,5,32,34-38H2,1-4H3/t39-,50?,51?,52?,54-/m1/s1. The molecule has 1 aliphatic rings. The third-order valence-corrected chi connectivity index (χ3v) is 11.5. The molecule has 9 heteroatoms. The molecule has 0 aromatic heterocycles. The van der Waals surface area contributed by atoms with E-state index in [1.807, 2.05) is 179 Å². The number of benzene rings is 6. The van der Waals surface area contributed by atoms with Crippen molar-refractivity contribution in [2.75, 3.05) is 13.2 Å². The molecule has 6 aromatic carbocycles. The van der Waals surface area contributed by atoms with Crippen LogP contribution in [0.3, 0.4) is 0 Å². The molecule has 0 saturated carbocycles. The van der Waals surface area contributed by atoms with Crippen molar-refractivity contribution in [3.05, 3.63) is 208 Å². The van der Waals surface area contributed by atoms with Crippen molar-refractivity contribution in [1.82, 2.24) is 0 Å². The summed E-state index contributed by atoms with van der Waals surface area (Å²) in [5.41, 5.74) is 4.67. The van der Waals surface area contributed by atoms with Crippen molar-refractivity contribution in [2.24, 2.45) is 0 Å². The van der Waals surface area contributed by atoms with Gasteiger partial charge in [-0.05, 0) is 97.8 Å². The second-order valence-corrected chi connectivity index (χ2v) is 16.7. The molecular weight excluding hydrogens is 812 g/mol. The van der Waals surface area contributed by atoms with Crippen LogP contribution < -0.4 is 4.74 Å². The van der Waals surface area contributed by atoms with Gasteiger partial charge < -0.3 is 33.2 Å². The Morgan fingerprint density at radius 2 is 1.17 bits per heavy atom. The highest BCUT2D eigenvalue weighted by Gasteiger charge is 2.61. The predicted octanol–water partition coefficient (Wildman–Crippen LogP) is 11.4. The van der Waals surface area contributed by atoms with Gasteiger partial charge in [-0.2, -0.15) is 0 Å². The summed E-state index contributed by atoms with van der Waals surface area (Å²) in [4.78, 5) is 15.5. The minimum absolute atomic E-state index is 0.0594. The van der Waals surface area contributed by atoms with Crippen molar-refractivity contribution in [3.8, 4) is 5.75 Å². The fourth-order valence-corrected chi connectivity index (χ4v) is 8.27. The molecule has 63 heavy (non-hydrogen) atoms. The Labute approximate surface area is 377 Å². The largest absolute Gasteiger partial charge is 0.494 e. The molecule has 328 valence electrons. The summed E-state index contributed by atoms with van der Waals surface area (Å²) in [6.07, 6.45) is -3.32. The van der Waals surface area contributed by atoms with Crippen LogP contribution in [0.25, 0.3) is 0 Å². The predicted molar refractivity (Wildman–Crippen MR) is 246 cm³/mol. The third-order valence-electron chi connectivity index (χ3n) is 11.1. The minimum atomic E-state index is -1.29. The van der Waals surface area contributed by atoms with Gasteiger partial charge in [0.05, 0.1) is 45.7 Å². The smallest absolute Gasteiger partial charge is 0.194 e. The van der Waals surface area contributed by atoms with Gasteiger partial charge in [0, 0.05) is 10.6 Å². The number of ketones is 1. The van der Waals surface area contributed by atoms with E-state index in [0.717, 1.165) is 39.1 Å². The first-order valence-corrected chi connectivity index (χ1v) is 22.0. The second-order valence-electron chi connectivity index (χ2n) is 16.3. The molecule has 1 fully saturated rings. The first-order chi connectivity index (χ1) is 30.6. The van der Waals surface area contributed by atoms with Crippen LogP contribution in [0, 0.1) is 0 Å². The lowest BCUT2D eigenvalue weighted by molar-refractivity contribution is -0.246. The summed E-state index contributed by atoms with van der Waals surface area (Å²) in [5.74, 6) is -0.546. The Morgan fingerprint density at radius 1 is 0.651 bits per heavy atom. The lowest BCUT2D eigenvalue weighted by atomic mass is 9.84. The Morgan fingerprint density at radius 3 is 1.70 bits per heavy atom. The van der Waals surface area contributed by atoms with Crippen LogP contribution in [-0.4, -0.2) is 54.8 Å². The molecule has 0 aliphatic carbocycles. The Bertz CT molecular complexity index is 2310. The molecule has 0 bridgehead atoms. The van der Waals surface area contributed by atoms with Crippen molar-refractivity contribution < 1.29 is 38.0 Å². The van der Waals surface area contributed by atoms with Crippen molar-refractivity contribution in [2.45, 2.75) is 96.3 Å². The molecule has 1 saturated heterocycles. The molecule has 0 spiro atoms. The van der Waals surface area contributed by atoms with Gasteiger partial charge in [0.1, 0.15) is 29.7 Å². The SMILES string of the molecule is CCOc1ccc(Cc2cc(C(=O)C(OCc3ccccc3)C(OCc3ccccc3)C(OCc3ccccc3)[C@]3(COCc4ccccc4)OC(C)(C)O[C@@H]3C)ccc2Cl)cc1. The van der Waals surface area contributed by atoms with E-state index in [1.165, 1.54) is 0 Å². The molecule has 5 atom stereocenters. The van der Waals surface area contributed by atoms with Crippen LogP contribution in [-0.2, 0) is 61.3 Å². The van der Waals surface area contributed by atoms with Gasteiger partial charge in [0.15, 0.2) is 11.6 Å². The fraction of sp³-hybridized carbons (Fsp3) is 0.315. The molecular formula is C54H57ClO8. The van der Waals surface area contributed by atoms with Gasteiger partial charge in [0.25, 0.3) is 0 Å². The lowest BCUT2D eigenvalue weighted by Gasteiger charge is -2.44. The van der Waals surface area contributed by atoms with E-state index >= 15 is 4.79 Å². The quantitative estimate of drug-likeness (QED) is 0.0624. The minimum Gasteiger partial charge on any atom is -0.494 e. The number of rotatable bonds is 22. The molecule has 0 amide bonds. The van der Waals surface area contributed by atoms with Crippen molar-refractivity contribution in [3.63, 3.8) is 0 Å². The Balaban J connectivity index is 1.33. The number of hydrogen-bond donors (Lipinski definition) is 0. The molecule has 1 heterocycles. The number of carbonyl (C=O) groups is 1. The van der Waals surface area contributed by atoms with Crippen LogP contribution >= 0.6 is 11.6 Å². The Hall–Kier alpha value is -5.16. The summed E-state index contributed by atoms with van der Waals surface area (Å²) in [6, 6.07) is 52.8. The maximum Gasteiger partial charge on any atom is 0.194 e. The normalized spacial score (nSPS) is 18.4. The van der Waals surface area contributed by atoms with E-state index in [2.05, 4.69) is 0 Å². The van der Waals surface area contributed by atoms with Crippen molar-refractivity contribution in [1.29, 1.82) is 0 Å². The van der Waals surface area contributed by atoms with E-state index < -0.39 is 35.8 Å². The van der Waals surface area contributed by atoms with Gasteiger partial charge in [-0.1, -0.05) is 145 Å². The highest BCUT2D eigenvalue weighted by atomic mass is 35.5. The van der Waals surface area contributed by atoms with E-state index in [-0.39, 0.29) is 32.2 Å². The van der Waals surface area contributed by atoms with Crippen LogP contribution in [0.5, 0.6) is 5.75 Å². The highest BCUT2D eigenvalue weighted by Crippen LogP contribution is 2.43. The van der Waals surface area contributed by atoms with Gasteiger partial charge in [-0.15, -0.1) is 0 Å². The van der Waals surface area contributed by atoms with Crippen LogP contribution in [0.4, 0.5) is 0 Å². The van der Waals surface area contributed by atoms with E-state index in [0.29, 0.717) is 30.2 Å². The van der Waals surface area contributed by atoms with E-state index in [9.17, 15) is 0 Å². The second kappa shape index (κ2) is 22.0. The van der Waals surface area contributed by atoms with E-state index in [1.54, 1.807) is 12.1 Å². The van der Waals surface area contributed by atoms with Gasteiger partial charge in [-0.3, -0.25) is 4.79 Å². The van der Waals surface area contributed by atoms with Gasteiger partial charge >= 0.3 is 0 Å². The lowest BCUT2D eigenvalue weighted by Crippen LogP contribution is -2.63. The van der Waals surface area contributed by atoms with Crippen LogP contribution in [0.2, 0.25) is 5.02 Å². The zero-order chi connectivity index (χ0) is 44.1. The maximum atomic E-state index is 15.5. The average molecular weight is 869 g/mol. The number of carbonyl (C=O) groups excluding carboxylic acids is 1. The topological polar surface area (TPSA) is 81.7 Å². The fourth-order valence-electron chi connectivity index (χ4n) is 8.08. The molecule has 3 unspecified atom stereocenters. The molecule has 0 N–H and O–H groups in total. The highest BCUT2D eigenvalue weighted by molar-refractivity contribution is 6.31. The molecule has 0 radical (unpaired) electrons. The summed E-state index contributed by atoms with van der Waals surface area (Å²) >= 11 is 6.87. The summed E-state index contributed by atoms with van der Waals surface area (Å²) in [6.45, 7) is 9.08. The first kappa shape index (κ1) is 45.9. The Kier molecular flexibility index (Phi) is 16.0. The summed E-state index contributed by atoms with van der Waals surface area (Å²) < 4.78 is 47.0. The first-order valence-electron chi connectivity index (χ1n) is 21.6. The number of Topliss-reactive ketones (excluding diaryl/α,β-unsaturated/α-hetero) is 1. The zero-order valence-corrected chi connectivity index (χ0v) is 37.2. The van der Waals surface area contributed by atoms with Gasteiger partial charge in [-0.25, -0.2) is 0 Å². The molecule has 8 nitrogen and oxygen atoms in total. The average Bonchev–Trinajstić information content (AvgIpc) is 3.54. The number of hydrogen-bond acceptors (Lipinski definition) is 8. The zero-order valence-electron chi connectivity index (χ0n) is 36.5. The maximum absolute atomic E-state index is 15.5.